The zero-order chi connectivity index (χ0) is 12.3. The molecule has 0 saturated heterocycles. The van der Waals surface area contributed by atoms with Crippen LogP contribution in [0, 0.1) is 6.92 Å². The molecule has 0 aromatic carbocycles. The number of hydrogen-bond donors (Lipinski definition) is 1. The van der Waals surface area contributed by atoms with E-state index in [2.05, 4.69) is 34.9 Å². The van der Waals surface area contributed by atoms with Gasteiger partial charge in [0.25, 0.3) is 0 Å². The smallest absolute Gasteiger partial charge is 0.0738 e. The Balaban J connectivity index is 2.59. The van der Waals surface area contributed by atoms with Gasteiger partial charge in [-0.2, -0.15) is 16.9 Å². The molecular formula is C11H19BrN2OS. The molecule has 0 radical (unpaired) electrons. The number of aromatic nitrogens is 2. The first kappa shape index (κ1) is 14.1. The standard InChI is InChI=1S/C11H19BrN2OS/c1-7(2)16-6-9(15)5-10-11(12)8(3)13-14(10)4/h7,9,15H,5-6H2,1-4H3. The van der Waals surface area contributed by atoms with E-state index in [1.54, 1.807) is 11.8 Å². The van der Waals surface area contributed by atoms with Crippen molar-refractivity contribution in [2.45, 2.75) is 38.5 Å². The molecule has 5 heteroatoms. The highest BCUT2D eigenvalue weighted by Gasteiger charge is 2.15. The van der Waals surface area contributed by atoms with E-state index in [4.69, 9.17) is 0 Å². The minimum atomic E-state index is -0.307. The first-order valence-electron chi connectivity index (χ1n) is 5.39. The lowest BCUT2D eigenvalue weighted by Gasteiger charge is -2.12. The topological polar surface area (TPSA) is 38.0 Å². The van der Waals surface area contributed by atoms with E-state index in [0.29, 0.717) is 11.7 Å². The molecule has 1 N–H and O–H groups in total. The van der Waals surface area contributed by atoms with Crippen LogP contribution in [0.15, 0.2) is 4.47 Å². The predicted octanol–water partition coefficient (Wildman–Crippen LogP) is 2.54. The fourth-order valence-corrected chi connectivity index (χ4v) is 2.71. The molecule has 3 nitrogen and oxygen atoms in total. The first-order chi connectivity index (χ1) is 7.41. The molecule has 1 atom stereocenters. The van der Waals surface area contributed by atoms with Gasteiger partial charge in [0.05, 0.1) is 22.0 Å². The van der Waals surface area contributed by atoms with E-state index in [-0.39, 0.29) is 6.10 Å². The van der Waals surface area contributed by atoms with Crippen molar-refractivity contribution in [3.63, 3.8) is 0 Å². The highest BCUT2D eigenvalue weighted by Crippen LogP contribution is 2.22. The maximum Gasteiger partial charge on any atom is 0.0738 e. The summed E-state index contributed by atoms with van der Waals surface area (Å²) in [6.07, 6.45) is 0.343. The van der Waals surface area contributed by atoms with E-state index in [1.165, 1.54) is 0 Å². The monoisotopic (exact) mass is 306 g/mol. The van der Waals surface area contributed by atoms with Gasteiger partial charge < -0.3 is 5.11 Å². The van der Waals surface area contributed by atoms with Crippen LogP contribution in [-0.4, -0.2) is 32.0 Å². The summed E-state index contributed by atoms with van der Waals surface area (Å²) in [5, 5.41) is 14.8. The summed E-state index contributed by atoms with van der Waals surface area (Å²) in [6, 6.07) is 0. The van der Waals surface area contributed by atoms with Crippen molar-refractivity contribution >= 4 is 27.7 Å². The fourth-order valence-electron chi connectivity index (χ4n) is 1.49. The van der Waals surface area contributed by atoms with Gasteiger partial charge >= 0.3 is 0 Å². The Hall–Kier alpha value is -0.000000000000000111. The van der Waals surface area contributed by atoms with E-state index in [9.17, 15) is 5.11 Å². The zero-order valence-corrected chi connectivity index (χ0v) is 12.6. The van der Waals surface area contributed by atoms with Gasteiger partial charge in [0, 0.05) is 19.2 Å². The largest absolute Gasteiger partial charge is 0.392 e. The van der Waals surface area contributed by atoms with Crippen molar-refractivity contribution < 1.29 is 5.11 Å². The van der Waals surface area contributed by atoms with Crippen molar-refractivity contribution in [3.8, 4) is 0 Å². The number of thioether (sulfide) groups is 1. The Labute approximate surface area is 110 Å². The van der Waals surface area contributed by atoms with Crippen LogP contribution in [0.3, 0.4) is 0 Å². The molecule has 0 saturated carbocycles. The van der Waals surface area contributed by atoms with E-state index >= 15 is 0 Å². The lowest BCUT2D eigenvalue weighted by molar-refractivity contribution is 0.197. The third-order valence-corrected chi connectivity index (χ3v) is 4.59. The van der Waals surface area contributed by atoms with Gasteiger partial charge in [0.15, 0.2) is 0 Å². The Bertz CT molecular complexity index is 352. The van der Waals surface area contributed by atoms with Crippen molar-refractivity contribution in [3.05, 3.63) is 15.9 Å². The fraction of sp³-hybridized carbons (Fsp3) is 0.727. The highest BCUT2D eigenvalue weighted by atomic mass is 79.9. The van der Waals surface area contributed by atoms with E-state index < -0.39 is 0 Å². The molecule has 1 aromatic heterocycles. The van der Waals surface area contributed by atoms with Crippen molar-refractivity contribution in [1.29, 1.82) is 0 Å². The summed E-state index contributed by atoms with van der Waals surface area (Å²) in [5.74, 6) is 0.772. The van der Waals surface area contributed by atoms with Crippen LogP contribution >= 0.6 is 27.7 Å². The molecule has 0 bridgehead atoms. The van der Waals surface area contributed by atoms with E-state index in [1.807, 2.05) is 18.7 Å². The summed E-state index contributed by atoms with van der Waals surface area (Å²) in [6.45, 7) is 6.24. The van der Waals surface area contributed by atoms with Crippen LogP contribution < -0.4 is 0 Å². The third kappa shape index (κ3) is 3.79. The van der Waals surface area contributed by atoms with Gasteiger partial charge in [-0.15, -0.1) is 0 Å². The van der Waals surface area contributed by atoms with Crippen LogP contribution in [0.4, 0.5) is 0 Å². The first-order valence-corrected chi connectivity index (χ1v) is 7.23. The van der Waals surface area contributed by atoms with Gasteiger partial charge in [-0.1, -0.05) is 13.8 Å². The predicted molar refractivity (Wildman–Crippen MR) is 72.9 cm³/mol. The van der Waals surface area contributed by atoms with Crippen LogP contribution in [0.1, 0.15) is 25.2 Å². The van der Waals surface area contributed by atoms with Crippen molar-refractivity contribution in [1.82, 2.24) is 9.78 Å². The van der Waals surface area contributed by atoms with Crippen LogP contribution in [-0.2, 0) is 13.5 Å². The van der Waals surface area contributed by atoms with Gasteiger partial charge in [-0.3, -0.25) is 4.68 Å². The molecular weight excluding hydrogens is 288 g/mol. The quantitative estimate of drug-likeness (QED) is 0.908. The summed E-state index contributed by atoms with van der Waals surface area (Å²) < 4.78 is 2.85. The van der Waals surface area contributed by atoms with Crippen LogP contribution in [0.2, 0.25) is 0 Å². The molecule has 0 aliphatic carbocycles. The van der Waals surface area contributed by atoms with E-state index in [0.717, 1.165) is 21.6 Å². The molecule has 0 fully saturated rings. The lowest BCUT2D eigenvalue weighted by atomic mass is 10.2. The van der Waals surface area contributed by atoms with Crippen LogP contribution in [0.25, 0.3) is 0 Å². The molecule has 1 heterocycles. The number of rotatable bonds is 5. The second kappa shape index (κ2) is 6.07. The zero-order valence-electron chi connectivity index (χ0n) is 10.2. The number of halogens is 1. The van der Waals surface area contributed by atoms with Gasteiger partial charge in [0.2, 0.25) is 0 Å². The Morgan fingerprint density at radius 3 is 2.56 bits per heavy atom. The lowest BCUT2D eigenvalue weighted by Crippen LogP contribution is -2.17. The summed E-state index contributed by atoms with van der Waals surface area (Å²) in [7, 11) is 1.91. The summed E-state index contributed by atoms with van der Waals surface area (Å²) >= 11 is 5.29. The maximum atomic E-state index is 9.93. The summed E-state index contributed by atoms with van der Waals surface area (Å²) in [4.78, 5) is 0. The molecule has 16 heavy (non-hydrogen) atoms. The number of nitrogens with zero attached hydrogens (tertiary/aromatic N) is 2. The third-order valence-electron chi connectivity index (χ3n) is 2.31. The average molecular weight is 307 g/mol. The number of aliphatic hydroxyl groups excluding tert-OH is 1. The Morgan fingerprint density at radius 2 is 2.12 bits per heavy atom. The average Bonchev–Trinajstić information content (AvgIpc) is 2.42. The highest BCUT2D eigenvalue weighted by molar-refractivity contribution is 9.10. The number of aliphatic hydroxyl groups is 1. The molecule has 0 aliphatic heterocycles. The minimum Gasteiger partial charge on any atom is -0.392 e. The molecule has 1 rings (SSSR count). The molecule has 0 amide bonds. The van der Waals surface area contributed by atoms with Crippen molar-refractivity contribution in [2.75, 3.05) is 5.75 Å². The van der Waals surface area contributed by atoms with Crippen LogP contribution in [0.5, 0.6) is 0 Å². The Kier molecular flexibility index (Phi) is 5.34. The van der Waals surface area contributed by atoms with Crippen molar-refractivity contribution in [2.24, 2.45) is 7.05 Å². The molecule has 0 spiro atoms. The number of hydrogen-bond acceptors (Lipinski definition) is 3. The SMILES string of the molecule is Cc1nn(C)c(CC(O)CSC(C)C)c1Br. The maximum absolute atomic E-state index is 9.93. The molecule has 1 unspecified atom stereocenters. The molecule has 92 valence electrons. The second-order valence-electron chi connectivity index (χ2n) is 4.21. The Morgan fingerprint density at radius 1 is 1.50 bits per heavy atom. The summed E-state index contributed by atoms with van der Waals surface area (Å²) in [5.41, 5.74) is 2.04. The van der Waals surface area contributed by atoms with Gasteiger partial charge in [0.1, 0.15) is 0 Å². The normalized spacial score (nSPS) is 13.4. The van der Waals surface area contributed by atoms with Gasteiger partial charge in [-0.25, -0.2) is 0 Å². The number of aryl methyl sites for hydroxylation is 2. The molecule has 1 aromatic rings. The van der Waals surface area contributed by atoms with Gasteiger partial charge in [-0.05, 0) is 28.1 Å². The molecule has 0 aliphatic rings. The minimum absolute atomic E-state index is 0.307. The second-order valence-corrected chi connectivity index (χ2v) is 6.61.